The zero-order chi connectivity index (χ0) is 15.6. The van der Waals surface area contributed by atoms with Gasteiger partial charge in [-0.15, -0.1) is 0 Å². The molecule has 7 heteroatoms. The normalized spacial score (nSPS) is 11.0. The molecule has 0 bridgehead atoms. The Morgan fingerprint density at radius 2 is 2.17 bits per heavy atom. The van der Waals surface area contributed by atoms with Crippen molar-refractivity contribution in [3.63, 3.8) is 0 Å². The van der Waals surface area contributed by atoms with Crippen LogP contribution in [-0.2, 0) is 6.61 Å². The first-order chi connectivity index (χ1) is 11.3. The molecule has 0 aliphatic carbocycles. The van der Waals surface area contributed by atoms with E-state index in [1.54, 1.807) is 29.2 Å². The highest BCUT2D eigenvalue weighted by Crippen LogP contribution is 2.27. The van der Waals surface area contributed by atoms with Gasteiger partial charge in [-0.1, -0.05) is 6.07 Å². The molecule has 4 heterocycles. The maximum atomic E-state index is 5.89. The summed E-state index contributed by atoms with van der Waals surface area (Å²) in [6.45, 7) is 0.342. The van der Waals surface area contributed by atoms with Crippen LogP contribution in [0, 0.1) is 0 Å². The van der Waals surface area contributed by atoms with Crippen LogP contribution < -0.4 is 4.74 Å². The molecule has 114 valence electrons. The number of furan rings is 1. The maximum absolute atomic E-state index is 5.89. The van der Waals surface area contributed by atoms with Crippen molar-refractivity contribution in [2.75, 3.05) is 0 Å². The van der Waals surface area contributed by atoms with Gasteiger partial charge in [0.15, 0.2) is 11.4 Å². The average Bonchev–Trinajstić information content (AvgIpc) is 3.24. The molecule has 0 amide bonds. The molecule has 0 N–H and O–H groups in total. The molecule has 0 saturated carbocycles. The lowest BCUT2D eigenvalue weighted by Gasteiger charge is -2.09. The first kappa shape index (κ1) is 14.0. The van der Waals surface area contributed by atoms with Crippen LogP contribution in [0.2, 0.25) is 0 Å². The van der Waals surface area contributed by atoms with Crippen LogP contribution in [0.5, 0.6) is 5.88 Å². The second kappa shape index (κ2) is 5.85. The van der Waals surface area contributed by atoms with Crippen molar-refractivity contribution < 1.29 is 9.15 Å². The van der Waals surface area contributed by atoms with E-state index in [1.807, 2.05) is 30.3 Å². The van der Waals surface area contributed by atoms with Gasteiger partial charge in [0, 0.05) is 12.3 Å². The molecular weight excluding hydrogens is 360 g/mol. The summed E-state index contributed by atoms with van der Waals surface area (Å²) < 4.78 is 13.7. The van der Waals surface area contributed by atoms with E-state index in [4.69, 9.17) is 9.15 Å². The number of nitrogens with zero attached hydrogens (tertiary/aromatic N) is 4. The lowest BCUT2D eigenvalue weighted by molar-refractivity contribution is 0.281. The summed E-state index contributed by atoms with van der Waals surface area (Å²) in [4.78, 5) is 8.81. The lowest BCUT2D eigenvalue weighted by Crippen LogP contribution is -2.04. The van der Waals surface area contributed by atoms with Gasteiger partial charge in [-0.25, -0.2) is 4.98 Å². The van der Waals surface area contributed by atoms with Crippen molar-refractivity contribution in [3.05, 3.63) is 65.2 Å². The van der Waals surface area contributed by atoms with Crippen molar-refractivity contribution >= 4 is 21.6 Å². The zero-order valence-corrected chi connectivity index (χ0v) is 13.5. The fourth-order valence-electron chi connectivity index (χ4n) is 2.19. The molecule has 23 heavy (non-hydrogen) atoms. The van der Waals surface area contributed by atoms with Gasteiger partial charge in [0.1, 0.15) is 12.3 Å². The summed E-state index contributed by atoms with van der Waals surface area (Å²) in [6, 6.07) is 11.2. The molecule has 0 unspecified atom stereocenters. The Labute approximate surface area is 139 Å². The van der Waals surface area contributed by atoms with Crippen molar-refractivity contribution in [3.8, 4) is 17.3 Å². The second-order valence-electron chi connectivity index (χ2n) is 4.79. The van der Waals surface area contributed by atoms with Crippen LogP contribution in [0.1, 0.15) is 5.69 Å². The molecular formula is C16H11BrN4O2. The van der Waals surface area contributed by atoms with Gasteiger partial charge in [-0.05, 0) is 40.2 Å². The monoisotopic (exact) mass is 370 g/mol. The second-order valence-corrected chi connectivity index (χ2v) is 5.65. The number of fused-ring (bicyclic) bond motifs is 1. The van der Waals surface area contributed by atoms with E-state index >= 15 is 0 Å². The molecule has 4 aromatic rings. The molecule has 4 aromatic heterocycles. The summed E-state index contributed by atoms with van der Waals surface area (Å²) >= 11 is 3.45. The molecule has 0 radical (unpaired) electrons. The quantitative estimate of drug-likeness (QED) is 0.547. The summed E-state index contributed by atoms with van der Waals surface area (Å²) in [7, 11) is 0. The molecule has 6 nitrogen and oxygen atoms in total. The Hall–Kier alpha value is -2.67. The minimum absolute atomic E-state index is 0.342. The van der Waals surface area contributed by atoms with E-state index in [-0.39, 0.29) is 0 Å². The number of rotatable bonds is 4. The molecule has 0 aromatic carbocycles. The largest absolute Gasteiger partial charge is 0.471 e. The first-order valence-corrected chi connectivity index (χ1v) is 7.71. The van der Waals surface area contributed by atoms with Crippen LogP contribution in [-0.4, -0.2) is 19.6 Å². The summed E-state index contributed by atoms with van der Waals surface area (Å²) in [5.74, 6) is 1.24. The fourth-order valence-corrected chi connectivity index (χ4v) is 2.54. The molecule has 0 spiro atoms. The van der Waals surface area contributed by atoms with E-state index in [9.17, 15) is 0 Å². The first-order valence-electron chi connectivity index (χ1n) is 6.92. The number of pyridine rings is 1. The van der Waals surface area contributed by atoms with Crippen molar-refractivity contribution in [2.45, 2.75) is 6.61 Å². The van der Waals surface area contributed by atoms with Gasteiger partial charge in [0.25, 0.3) is 0 Å². The molecule has 0 fully saturated rings. The zero-order valence-electron chi connectivity index (χ0n) is 11.9. The average molecular weight is 371 g/mol. The number of hydrogen-bond acceptors (Lipinski definition) is 5. The Morgan fingerprint density at radius 1 is 1.22 bits per heavy atom. The highest BCUT2D eigenvalue weighted by atomic mass is 79.9. The van der Waals surface area contributed by atoms with Crippen LogP contribution in [0.4, 0.5) is 0 Å². The van der Waals surface area contributed by atoms with Gasteiger partial charge in [0.05, 0.1) is 22.6 Å². The summed E-state index contributed by atoms with van der Waals surface area (Å²) in [5, 5.41) is 4.28. The van der Waals surface area contributed by atoms with Crippen molar-refractivity contribution in [1.82, 2.24) is 19.6 Å². The van der Waals surface area contributed by atoms with Crippen LogP contribution in [0.25, 0.3) is 17.1 Å². The third kappa shape index (κ3) is 2.70. The van der Waals surface area contributed by atoms with E-state index in [2.05, 4.69) is 31.0 Å². The number of hydrogen-bond donors (Lipinski definition) is 0. The number of aromatic nitrogens is 4. The van der Waals surface area contributed by atoms with Crippen LogP contribution >= 0.6 is 15.9 Å². The van der Waals surface area contributed by atoms with Gasteiger partial charge >= 0.3 is 0 Å². The minimum atomic E-state index is 0.342. The van der Waals surface area contributed by atoms with Gasteiger partial charge in [-0.3, -0.25) is 4.98 Å². The highest BCUT2D eigenvalue weighted by Gasteiger charge is 2.14. The Morgan fingerprint density at radius 3 is 2.96 bits per heavy atom. The van der Waals surface area contributed by atoms with E-state index in [0.29, 0.717) is 29.6 Å². The van der Waals surface area contributed by atoms with E-state index < -0.39 is 0 Å². The molecule has 0 aliphatic heterocycles. The van der Waals surface area contributed by atoms with Gasteiger partial charge in [-0.2, -0.15) is 9.61 Å². The Bertz CT molecular complexity index is 936. The molecule has 0 atom stereocenters. The Kier molecular flexibility index (Phi) is 3.55. The molecule has 4 rings (SSSR count). The lowest BCUT2D eigenvalue weighted by atomic mass is 10.3. The van der Waals surface area contributed by atoms with Gasteiger partial charge in [0.2, 0.25) is 5.88 Å². The third-order valence-corrected chi connectivity index (χ3v) is 3.82. The topological polar surface area (TPSA) is 65.5 Å². The van der Waals surface area contributed by atoms with E-state index in [1.165, 1.54) is 0 Å². The highest BCUT2D eigenvalue weighted by molar-refractivity contribution is 9.10. The smallest absolute Gasteiger partial charge is 0.219 e. The van der Waals surface area contributed by atoms with E-state index in [0.717, 1.165) is 10.2 Å². The molecule has 0 aliphatic rings. The predicted octanol–water partition coefficient (Wildman–Crippen LogP) is 3.73. The minimum Gasteiger partial charge on any atom is -0.471 e. The number of ether oxygens (including phenoxy) is 1. The number of halogens is 1. The Balaban J connectivity index is 1.75. The van der Waals surface area contributed by atoms with Crippen LogP contribution in [0.15, 0.2) is 63.9 Å². The fraction of sp³-hybridized carbons (Fsp3) is 0.0625. The summed E-state index contributed by atoms with van der Waals surface area (Å²) in [5.41, 5.74) is 2.18. The van der Waals surface area contributed by atoms with Crippen molar-refractivity contribution in [2.24, 2.45) is 0 Å². The standard InChI is InChI=1S/C16H11BrN4O2/c17-12-9-19-21-15(23-10-11-4-1-2-6-18-11)8-13(20-16(12)21)14-5-3-7-22-14/h1-9H,10H2. The van der Waals surface area contributed by atoms with Gasteiger partial charge < -0.3 is 9.15 Å². The summed E-state index contributed by atoms with van der Waals surface area (Å²) in [6.07, 6.45) is 5.03. The predicted molar refractivity (Wildman–Crippen MR) is 87.0 cm³/mol. The third-order valence-electron chi connectivity index (χ3n) is 3.26. The maximum Gasteiger partial charge on any atom is 0.219 e. The van der Waals surface area contributed by atoms with Crippen LogP contribution in [0.3, 0.4) is 0 Å². The molecule has 0 saturated heterocycles. The van der Waals surface area contributed by atoms with Crippen molar-refractivity contribution in [1.29, 1.82) is 0 Å². The SMILES string of the molecule is Brc1cnn2c(OCc3ccccn3)cc(-c3ccco3)nc12.